The number of para-hydroxylation sites is 1. The van der Waals surface area contributed by atoms with Crippen molar-refractivity contribution in [2.75, 3.05) is 4.90 Å². The van der Waals surface area contributed by atoms with E-state index in [-0.39, 0.29) is 24.5 Å². The van der Waals surface area contributed by atoms with E-state index in [0.29, 0.717) is 15.7 Å². The van der Waals surface area contributed by atoms with E-state index < -0.39 is 12.1 Å². The number of ether oxygens (including phenoxy) is 1. The Labute approximate surface area is 176 Å². The number of hydrogen-bond donors (Lipinski definition) is 2. The van der Waals surface area contributed by atoms with E-state index in [1.807, 2.05) is 30.3 Å². The van der Waals surface area contributed by atoms with Crippen molar-refractivity contribution in [3.63, 3.8) is 0 Å². The fourth-order valence-electron chi connectivity index (χ4n) is 2.70. The molecule has 0 aliphatic carbocycles. The van der Waals surface area contributed by atoms with E-state index in [0.717, 1.165) is 5.56 Å². The van der Waals surface area contributed by atoms with Gasteiger partial charge < -0.3 is 14.9 Å². The summed E-state index contributed by atoms with van der Waals surface area (Å²) >= 11 is 3.27. The molecule has 148 valence electrons. The number of carbonyl (C=O) groups is 2. The van der Waals surface area contributed by atoms with Crippen LogP contribution in [-0.4, -0.2) is 22.3 Å². The van der Waals surface area contributed by atoms with E-state index >= 15 is 0 Å². The van der Waals surface area contributed by atoms with Gasteiger partial charge >= 0.3 is 12.1 Å². The van der Waals surface area contributed by atoms with Crippen molar-refractivity contribution in [3.05, 3.63) is 94.0 Å². The lowest BCUT2D eigenvalue weighted by atomic mass is 10.1. The Kier molecular flexibility index (Phi) is 6.51. The van der Waals surface area contributed by atoms with Crippen LogP contribution in [0.15, 0.2) is 77.3 Å². The summed E-state index contributed by atoms with van der Waals surface area (Å²) in [5.41, 5.74) is 1.91. The van der Waals surface area contributed by atoms with Gasteiger partial charge in [-0.2, -0.15) is 0 Å². The van der Waals surface area contributed by atoms with Crippen LogP contribution in [0.2, 0.25) is 0 Å². The SMILES string of the molecule is O=C(O)c1ccc(N(Cc2cccc(Br)c2O)C(=O)OCc2ccccc2)cc1. The van der Waals surface area contributed by atoms with Crippen LogP contribution in [0.4, 0.5) is 10.5 Å². The first kappa shape index (κ1) is 20.4. The first-order valence-corrected chi connectivity index (χ1v) is 9.53. The Bertz CT molecular complexity index is 1010. The number of hydrogen-bond acceptors (Lipinski definition) is 4. The van der Waals surface area contributed by atoms with Crippen LogP contribution in [0.3, 0.4) is 0 Å². The van der Waals surface area contributed by atoms with Gasteiger partial charge in [-0.1, -0.05) is 42.5 Å². The minimum Gasteiger partial charge on any atom is -0.506 e. The lowest BCUT2D eigenvalue weighted by molar-refractivity contribution is 0.0697. The summed E-state index contributed by atoms with van der Waals surface area (Å²) < 4.78 is 5.95. The van der Waals surface area contributed by atoms with Crippen molar-refractivity contribution in [2.45, 2.75) is 13.2 Å². The molecule has 0 saturated carbocycles. The summed E-state index contributed by atoms with van der Waals surface area (Å²) in [5.74, 6) is -1.03. The lowest BCUT2D eigenvalue weighted by Gasteiger charge is -2.23. The fourth-order valence-corrected chi connectivity index (χ4v) is 3.11. The predicted octanol–water partition coefficient (Wildman–Crippen LogP) is 5.20. The van der Waals surface area contributed by atoms with E-state index in [1.165, 1.54) is 29.2 Å². The molecule has 7 heteroatoms. The van der Waals surface area contributed by atoms with Crippen LogP contribution < -0.4 is 4.90 Å². The number of anilines is 1. The first-order valence-electron chi connectivity index (χ1n) is 8.73. The fraction of sp³-hybridized carbons (Fsp3) is 0.0909. The molecule has 0 aliphatic heterocycles. The third-order valence-corrected chi connectivity index (χ3v) is 4.89. The topological polar surface area (TPSA) is 87.1 Å². The van der Waals surface area contributed by atoms with Crippen LogP contribution in [0.5, 0.6) is 5.75 Å². The molecule has 0 aromatic heterocycles. The molecule has 0 heterocycles. The van der Waals surface area contributed by atoms with Gasteiger partial charge in [-0.3, -0.25) is 4.90 Å². The van der Waals surface area contributed by atoms with Crippen molar-refractivity contribution in [1.82, 2.24) is 0 Å². The zero-order chi connectivity index (χ0) is 20.8. The van der Waals surface area contributed by atoms with Crippen LogP contribution in [-0.2, 0) is 17.9 Å². The molecule has 0 radical (unpaired) electrons. The molecule has 0 aliphatic rings. The second kappa shape index (κ2) is 9.25. The third-order valence-electron chi connectivity index (χ3n) is 4.25. The maximum absolute atomic E-state index is 12.8. The predicted molar refractivity (Wildman–Crippen MR) is 112 cm³/mol. The van der Waals surface area contributed by atoms with Crippen molar-refractivity contribution in [1.29, 1.82) is 0 Å². The second-order valence-electron chi connectivity index (χ2n) is 6.23. The smallest absolute Gasteiger partial charge is 0.414 e. The number of carbonyl (C=O) groups excluding carboxylic acids is 1. The zero-order valence-electron chi connectivity index (χ0n) is 15.3. The Hall–Kier alpha value is -3.32. The number of amides is 1. The second-order valence-corrected chi connectivity index (χ2v) is 7.08. The highest BCUT2D eigenvalue weighted by Crippen LogP contribution is 2.30. The van der Waals surface area contributed by atoms with Gasteiger partial charge in [0.25, 0.3) is 0 Å². The molecule has 0 fully saturated rings. The van der Waals surface area contributed by atoms with Crippen LogP contribution in [0.1, 0.15) is 21.5 Å². The maximum Gasteiger partial charge on any atom is 0.414 e. The van der Waals surface area contributed by atoms with Gasteiger partial charge in [0, 0.05) is 11.3 Å². The number of rotatable bonds is 6. The maximum atomic E-state index is 12.8. The highest BCUT2D eigenvalue weighted by molar-refractivity contribution is 9.10. The van der Waals surface area contributed by atoms with E-state index in [9.17, 15) is 14.7 Å². The highest BCUT2D eigenvalue weighted by Gasteiger charge is 2.20. The van der Waals surface area contributed by atoms with Gasteiger partial charge in [0.2, 0.25) is 0 Å². The normalized spacial score (nSPS) is 10.4. The number of carboxylic acids is 1. The Morgan fingerprint density at radius 3 is 2.28 bits per heavy atom. The van der Waals surface area contributed by atoms with Gasteiger partial charge in [-0.05, 0) is 51.8 Å². The van der Waals surface area contributed by atoms with Crippen molar-refractivity contribution in [3.8, 4) is 5.75 Å². The van der Waals surface area contributed by atoms with Gasteiger partial charge in [-0.25, -0.2) is 9.59 Å². The number of halogens is 1. The molecule has 3 aromatic rings. The van der Waals surface area contributed by atoms with E-state index in [2.05, 4.69) is 15.9 Å². The number of carboxylic acid groups (broad SMARTS) is 1. The molecule has 2 N–H and O–H groups in total. The largest absolute Gasteiger partial charge is 0.506 e. The number of aromatic hydroxyl groups is 1. The number of phenols is 1. The highest BCUT2D eigenvalue weighted by atomic mass is 79.9. The summed E-state index contributed by atoms with van der Waals surface area (Å²) in [6, 6.07) is 20.3. The third kappa shape index (κ3) is 5.14. The minimum absolute atomic E-state index is 0.0236. The Morgan fingerprint density at radius 2 is 1.62 bits per heavy atom. The Morgan fingerprint density at radius 1 is 0.931 bits per heavy atom. The van der Waals surface area contributed by atoms with Gasteiger partial charge in [0.1, 0.15) is 12.4 Å². The lowest BCUT2D eigenvalue weighted by Crippen LogP contribution is -2.31. The molecular weight excluding hydrogens is 438 g/mol. The first-order chi connectivity index (χ1) is 14.0. The number of aromatic carboxylic acids is 1. The Balaban J connectivity index is 1.86. The molecule has 29 heavy (non-hydrogen) atoms. The summed E-state index contributed by atoms with van der Waals surface area (Å²) in [4.78, 5) is 25.3. The molecule has 3 aromatic carbocycles. The molecule has 0 spiro atoms. The quantitative estimate of drug-likeness (QED) is 0.533. The molecule has 0 unspecified atom stereocenters. The number of nitrogens with zero attached hydrogens (tertiary/aromatic N) is 1. The average molecular weight is 456 g/mol. The summed E-state index contributed by atoms with van der Waals surface area (Å²) in [5, 5.41) is 19.4. The van der Waals surface area contributed by atoms with Crippen LogP contribution in [0.25, 0.3) is 0 Å². The average Bonchev–Trinajstić information content (AvgIpc) is 2.74. The number of phenolic OH excluding ortho intramolecular Hbond substituents is 1. The monoisotopic (exact) mass is 455 g/mol. The summed E-state index contributed by atoms with van der Waals surface area (Å²) in [6.45, 7) is 0.138. The summed E-state index contributed by atoms with van der Waals surface area (Å²) in [6.07, 6.45) is -0.615. The van der Waals surface area contributed by atoms with Crippen molar-refractivity contribution in [2.24, 2.45) is 0 Å². The summed E-state index contributed by atoms with van der Waals surface area (Å²) in [7, 11) is 0. The molecule has 0 atom stereocenters. The van der Waals surface area contributed by atoms with Crippen LogP contribution in [0, 0.1) is 0 Å². The molecule has 6 nitrogen and oxygen atoms in total. The number of benzene rings is 3. The minimum atomic E-state index is -1.06. The van der Waals surface area contributed by atoms with Crippen molar-refractivity contribution >= 4 is 33.7 Å². The van der Waals surface area contributed by atoms with Gasteiger partial charge in [-0.15, -0.1) is 0 Å². The van der Waals surface area contributed by atoms with Crippen molar-refractivity contribution < 1.29 is 24.5 Å². The molecule has 3 rings (SSSR count). The van der Waals surface area contributed by atoms with Gasteiger partial charge in [0.15, 0.2) is 0 Å². The van der Waals surface area contributed by atoms with E-state index in [4.69, 9.17) is 9.84 Å². The molecular formula is C22H18BrNO5. The van der Waals surface area contributed by atoms with Gasteiger partial charge in [0.05, 0.1) is 16.6 Å². The molecule has 0 bridgehead atoms. The van der Waals surface area contributed by atoms with Crippen LogP contribution >= 0.6 is 15.9 Å². The standard InChI is InChI=1S/C22H18BrNO5/c23-19-8-4-7-17(20(19)25)13-24(18-11-9-16(10-12-18)21(26)27)22(28)29-14-15-5-2-1-3-6-15/h1-12,25H,13-14H2,(H,26,27). The van der Waals surface area contributed by atoms with E-state index in [1.54, 1.807) is 18.2 Å². The zero-order valence-corrected chi connectivity index (χ0v) is 16.9. The molecule has 1 amide bonds. The molecule has 0 saturated heterocycles.